The van der Waals surface area contributed by atoms with Crippen LogP contribution in [-0.2, 0) is 4.79 Å². The lowest BCUT2D eigenvalue weighted by Crippen LogP contribution is -2.41. The van der Waals surface area contributed by atoms with Gasteiger partial charge in [-0.1, -0.05) is 61.3 Å². The second-order valence-electron chi connectivity index (χ2n) is 7.76. The van der Waals surface area contributed by atoms with Gasteiger partial charge in [-0.15, -0.1) is 0 Å². The molecule has 4 rings (SSSR count). The molecule has 1 saturated carbocycles. The number of benzene rings is 2. The molecule has 0 radical (unpaired) electrons. The van der Waals surface area contributed by atoms with Crippen molar-refractivity contribution in [1.82, 2.24) is 14.9 Å². The van der Waals surface area contributed by atoms with E-state index in [1.807, 2.05) is 24.3 Å². The molecule has 1 amide bonds. The molecule has 0 unspecified atom stereocenters. The number of fused-ring (bicyclic) bond motifs is 1. The van der Waals surface area contributed by atoms with Gasteiger partial charge in [0.25, 0.3) is 5.56 Å². The number of nitrogens with zero attached hydrogens (tertiary/aromatic N) is 2. The normalized spacial score (nSPS) is 19.0. The van der Waals surface area contributed by atoms with E-state index in [1.165, 1.54) is 22.7 Å². The Balaban J connectivity index is 1.63. The number of amides is 1. The first-order valence-electron chi connectivity index (χ1n) is 10.2. The van der Waals surface area contributed by atoms with E-state index in [9.17, 15) is 9.59 Å². The number of carbonyl (C=O) groups is 1. The van der Waals surface area contributed by atoms with Crippen molar-refractivity contribution < 1.29 is 4.79 Å². The van der Waals surface area contributed by atoms with Crippen LogP contribution in [0.2, 0.25) is 5.02 Å². The maximum atomic E-state index is 13.2. The SMILES string of the molecule is C[C@H]1CCCC[C@H]1NC(=O)CSc1nc2ccccc2c(=O)n1-c1cccc(Cl)c1. The number of para-hydroxylation sites is 1. The zero-order valence-electron chi connectivity index (χ0n) is 16.8. The van der Waals surface area contributed by atoms with Gasteiger partial charge in [-0.25, -0.2) is 4.98 Å². The molecular formula is C23H24ClN3O2S. The molecule has 156 valence electrons. The lowest BCUT2D eigenvalue weighted by atomic mass is 9.86. The predicted octanol–water partition coefficient (Wildman–Crippen LogP) is 4.83. The topological polar surface area (TPSA) is 64.0 Å². The number of carbonyl (C=O) groups excluding carboxylic acids is 1. The molecule has 1 N–H and O–H groups in total. The van der Waals surface area contributed by atoms with Gasteiger partial charge in [0.2, 0.25) is 5.91 Å². The molecule has 1 heterocycles. The Labute approximate surface area is 184 Å². The molecule has 0 aliphatic heterocycles. The van der Waals surface area contributed by atoms with E-state index in [1.54, 1.807) is 24.3 Å². The van der Waals surface area contributed by atoms with E-state index in [-0.39, 0.29) is 23.3 Å². The number of nitrogens with one attached hydrogen (secondary N) is 1. The summed E-state index contributed by atoms with van der Waals surface area (Å²) in [6, 6.07) is 14.6. The summed E-state index contributed by atoms with van der Waals surface area (Å²) in [5.41, 5.74) is 1.07. The second kappa shape index (κ2) is 9.23. The van der Waals surface area contributed by atoms with Crippen molar-refractivity contribution >= 4 is 40.2 Å². The molecule has 0 spiro atoms. The van der Waals surface area contributed by atoms with Crippen LogP contribution in [0.4, 0.5) is 0 Å². The average molecular weight is 442 g/mol. The van der Waals surface area contributed by atoms with Crippen LogP contribution in [0.15, 0.2) is 58.5 Å². The Morgan fingerprint density at radius 2 is 2.00 bits per heavy atom. The van der Waals surface area contributed by atoms with Crippen LogP contribution in [0.1, 0.15) is 32.6 Å². The van der Waals surface area contributed by atoms with Gasteiger partial charge in [0.15, 0.2) is 5.16 Å². The fraction of sp³-hybridized carbons (Fsp3) is 0.348. The number of hydrogen-bond acceptors (Lipinski definition) is 4. The van der Waals surface area contributed by atoms with Gasteiger partial charge in [0.1, 0.15) is 0 Å². The molecule has 0 saturated heterocycles. The van der Waals surface area contributed by atoms with Crippen molar-refractivity contribution in [3.8, 4) is 5.69 Å². The van der Waals surface area contributed by atoms with Crippen LogP contribution in [0.3, 0.4) is 0 Å². The van der Waals surface area contributed by atoms with Crippen molar-refractivity contribution in [2.24, 2.45) is 5.92 Å². The van der Waals surface area contributed by atoms with Gasteiger partial charge in [-0.2, -0.15) is 0 Å². The molecule has 1 aliphatic rings. The van der Waals surface area contributed by atoms with E-state index in [4.69, 9.17) is 11.6 Å². The van der Waals surface area contributed by atoms with Crippen molar-refractivity contribution in [1.29, 1.82) is 0 Å². The average Bonchev–Trinajstić information content (AvgIpc) is 2.74. The van der Waals surface area contributed by atoms with Crippen LogP contribution in [0.25, 0.3) is 16.6 Å². The molecule has 1 fully saturated rings. The molecule has 1 aliphatic carbocycles. The molecule has 0 bridgehead atoms. The van der Waals surface area contributed by atoms with Gasteiger partial charge in [0, 0.05) is 11.1 Å². The zero-order valence-corrected chi connectivity index (χ0v) is 18.4. The Morgan fingerprint density at radius 3 is 2.80 bits per heavy atom. The largest absolute Gasteiger partial charge is 0.352 e. The molecule has 30 heavy (non-hydrogen) atoms. The minimum Gasteiger partial charge on any atom is -0.352 e. The van der Waals surface area contributed by atoms with Gasteiger partial charge in [-0.3, -0.25) is 14.2 Å². The number of rotatable bonds is 5. The van der Waals surface area contributed by atoms with E-state index < -0.39 is 0 Å². The lowest BCUT2D eigenvalue weighted by Gasteiger charge is -2.29. The highest BCUT2D eigenvalue weighted by Crippen LogP contribution is 2.25. The van der Waals surface area contributed by atoms with Crippen molar-refractivity contribution in [3.05, 3.63) is 63.9 Å². The summed E-state index contributed by atoms with van der Waals surface area (Å²) >= 11 is 7.43. The lowest BCUT2D eigenvalue weighted by molar-refractivity contribution is -0.119. The second-order valence-corrected chi connectivity index (χ2v) is 9.14. The van der Waals surface area contributed by atoms with Gasteiger partial charge in [-0.05, 0) is 49.1 Å². The van der Waals surface area contributed by atoms with Crippen LogP contribution >= 0.6 is 23.4 Å². The highest BCUT2D eigenvalue weighted by molar-refractivity contribution is 7.99. The van der Waals surface area contributed by atoms with Crippen LogP contribution < -0.4 is 10.9 Å². The van der Waals surface area contributed by atoms with E-state index in [0.29, 0.717) is 32.7 Å². The predicted molar refractivity (Wildman–Crippen MR) is 123 cm³/mol. The fourth-order valence-electron chi connectivity index (χ4n) is 3.96. The molecule has 7 heteroatoms. The summed E-state index contributed by atoms with van der Waals surface area (Å²) < 4.78 is 1.54. The highest BCUT2D eigenvalue weighted by atomic mass is 35.5. The molecule has 5 nitrogen and oxygen atoms in total. The Hall–Kier alpha value is -2.31. The Bertz CT molecular complexity index is 1130. The van der Waals surface area contributed by atoms with Gasteiger partial charge >= 0.3 is 0 Å². The highest BCUT2D eigenvalue weighted by Gasteiger charge is 2.23. The summed E-state index contributed by atoms with van der Waals surface area (Å²) in [6.07, 6.45) is 4.57. The Kier molecular flexibility index (Phi) is 6.44. The Morgan fingerprint density at radius 1 is 1.20 bits per heavy atom. The summed E-state index contributed by atoms with van der Waals surface area (Å²) in [5, 5.41) is 4.71. The zero-order chi connectivity index (χ0) is 21.1. The standard InChI is InChI=1S/C23H24ClN3O2S/c1-15-7-2-4-11-19(15)25-21(28)14-30-23-26-20-12-5-3-10-18(20)22(29)27(23)17-9-6-8-16(24)13-17/h3,5-6,8-10,12-13,15,19H,2,4,7,11,14H2,1H3,(H,25,28)/t15-,19+/m0/s1. The van der Waals surface area contributed by atoms with Crippen molar-refractivity contribution in [2.75, 3.05) is 5.75 Å². The minimum atomic E-state index is -0.174. The van der Waals surface area contributed by atoms with Crippen molar-refractivity contribution in [2.45, 2.75) is 43.8 Å². The first kappa shape index (κ1) is 20.9. The van der Waals surface area contributed by atoms with Gasteiger partial charge < -0.3 is 5.32 Å². The van der Waals surface area contributed by atoms with Gasteiger partial charge in [0.05, 0.1) is 22.3 Å². The van der Waals surface area contributed by atoms with E-state index in [2.05, 4.69) is 17.2 Å². The smallest absolute Gasteiger partial charge is 0.266 e. The molecular weight excluding hydrogens is 418 g/mol. The number of thioether (sulfide) groups is 1. The summed E-state index contributed by atoms with van der Waals surface area (Å²) in [5.74, 6) is 0.670. The number of halogens is 1. The van der Waals surface area contributed by atoms with E-state index >= 15 is 0 Å². The maximum absolute atomic E-state index is 13.2. The summed E-state index contributed by atoms with van der Waals surface area (Å²) in [4.78, 5) is 30.5. The molecule has 2 aromatic carbocycles. The third kappa shape index (κ3) is 4.55. The third-order valence-corrected chi connectivity index (χ3v) is 6.78. The third-order valence-electron chi connectivity index (χ3n) is 5.60. The molecule has 2 atom stereocenters. The van der Waals surface area contributed by atoms with Crippen LogP contribution in [0, 0.1) is 5.92 Å². The number of aromatic nitrogens is 2. The van der Waals surface area contributed by atoms with Crippen LogP contribution in [-0.4, -0.2) is 27.3 Å². The van der Waals surface area contributed by atoms with E-state index in [0.717, 1.165) is 19.3 Å². The van der Waals surface area contributed by atoms with Crippen molar-refractivity contribution in [3.63, 3.8) is 0 Å². The summed E-state index contributed by atoms with van der Waals surface area (Å²) in [6.45, 7) is 2.19. The number of hydrogen-bond donors (Lipinski definition) is 1. The molecule has 1 aromatic heterocycles. The minimum absolute atomic E-state index is 0.0289. The fourth-order valence-corrected chi connectivity index (χ4v) is 4.97. The maximum Gasteiger partial charge on any atom is 0.266 e. The monoisotopic (exact) mass is 441 g/mol. The van der Waals surface area contributed by atoms with Crippen LogP contribution in [0.5, 0.6) is 0 Å². The summed E-state index contributed by atoms with van der Waals surface area (Å²) in [7, 11) is 0. The molecule has 3 aromatic rings. The first-order chi connectivity index (χ1) is 14.5. The first-order valence-corrected chi connectivity index (χ1v) is 11.6. The quantitative estimate of drug-likeness (QED) is 0.455.